The van der Waals surface area contributed by atoms with Gasteiger partial charge in [0, 0.05) is 6.54 Å². The molecule has 0 aliphatic rings. The van der Waals surface area contributed by atoms with Gasteiger partial charge in [-0.3, -0.25) is 0 Å². The minimum absolute atomic E-state index is 0.251. The van der Waals surface area contributed by atoms with Gasteiger partial charge in [0.2, 0.25) is 0 Å². The van der Waals surface area contributed by atoms with E-state index in [2.05, 4.69) is 37.3 Å². The minimum Gasteiger partial charge on any atom is -0.487 e. The SMILES string of the molecule is Cc1cc(OCc2c(C(C)C)cnn2-c2c(Cl)cccc2Cl)ccc1CNCCc1ccccc1C(=O)O. The van der Waals surface area contributed by atoms with Gasteiger partial charge in [0.05, 0.1) is 27.5 Å². The highest BCUT2D eigenvalue weighted by Gasteiger charge is 2.19. The second kappa shape index (κ2) is 12.5. The van der Waals surface area contributed by atoms with Gasteiger partial charge in [-0.05, 0) is 78.4 Å². The van der Waals surface area contributed by atoms with Crippen LogP contribution >= 0.6 is 23.2 Å². The molecule has 4 rings (SSSR count). The van der Waals surface area contributed by atoms with E-state index in [1.807, 2.05) is 36.5 Å². The molecule has 198 valence electrons. The second-order valence-electron chi connectivity index (χ2n) is 9.45. The summed E-state index contributed by atoms with van der Waals surface area (Å²) in [5.74, 6) is 0.112. The van der Waals surface area contributed by atoms with Gasteiger partial charge in [-0.25, -0.2) is 9.48 Å². The van der Waals surface area contributed by atoms with Crippen LogP contribution in [0, 0.1) is 6.92 Å². The predicted molar refractivity (Wildman–Crippen MR) is 152 cm³/mol. The number of carboxylic acids is 1. The van der Waals surface area contributed by atoms with Crippen molar-refractivity contribution in [3.63, 3.8) is 0 Å². The Kier molecular flexibility index (Phi) is 9.10. The Morgan fingerprint density at radius 3 is 2.47 bits per heavy atom. The molecule has 1 aromatic heterocycles. The van der Waals surface area contributed by atoms with Gasteiger partial charge in [-0.1, -0.05) is 67.4 Å². The number of rotatable bonds is 11. The van der Waals surface area contributed by atoms with Gasteiger partial charge < -0.3 is 15.2 Å². The average Bonchev–Trinajstić information content (AvgIpc) is 3.30. The molecule has 2 N–H and O–H groups in total. The third-order valence-electron chi connectivity index (χ3n) is 6.50. The molecule has 6 nitrogen and oxygen atoms in total. The molecule has 1 heterocycles. The predicted octanol–water partition coefficient (Wildman–Crippen LogP) is 7.22. The highest BCUT2D eigenvalue weighted by Crippen LogP contribution is 2.32. The summed E-state index contributed by atoms with van der Waals surface area (Å²) in [5.41, 5.74) is 6.05. The van der Waals surface area contributed by atoms with Crippen LogP contribution in [0.15, 0.2) is 66.9 Å². The quantitative estimate of drug-likeness (QED) is 0.192. The van der Waals surface area contributed by atoms with Crippen molar-refractivity contribution in [2.24, 2.45) is 0 Å². The van der Waals surface area contributed by atoms with Crippen molar-refractivity contribution >= 4 is 29.2 Å². The maximum Gasteiger partial charge on any atom is 0.335 e. The summed E-state index contributed by atoms with van der Waals surface area (Å²) in [7, 11) is 0. The van der Waals surface area contributed by atoms with E-state index in [0.717, 1.165) is 33.7 Å². The van der Waals surface area contributed by atoms with Crippen molar-refractivity contribution in [2.75, 3.05) is 6.54 Å². The fourth-order valence-corrected chi connectivity index (χ4v) is 4.96. The number of aromatic carboxylic acids is 1. The van der Waals surface area contributed by atoms with E-state index in [-0.39, 0.29) is 5.92 Å². The first kappa shape index (κ1) is 27.7. The topological polar surface area (TPSA) is 76.4 Å². The van der Waals surface area contributed by atoms with E-state index < -0.39 is 5.97 Å². The summed E-state index contributed by atoms with van der Waals surface area (Å²) in [5, 5.41) is 18.4. The minimum atomic E-state index is -0.898. The number of carboxylic acid groups (broad SMARTS) is 1. The van der Waals surface area contributed by atoms with Crippen LogP contribution in [0.2, 0.25) is 10.0 Å². The van der Waals surface area contributed by atoms with E-state index in [0.29, 0.717) is 47.4 Å². The van der Waals surface area contributed by atoms with Crippen LogP contribution in [0.4, 0.5) is 0 Å². The van der Waals surface area contributed by atoms with Crippen LogP contribution in [-0.4, -0.2) is 27.4 Å². The molecule has 0 unspecified atom stereocenters. The Hall–Kier alpha value is -3.32. The lowest BCUT2D eigenvalue weighted by atomic mass is 10.0. The standard InChI is InChI=1S/C30H31Cl2N3O3/c1-19(2)25-17-34-35(29-26(31)9-6-10-27(29)32)28(25)18-38-23-12-11-22(20(3)15-23)16-33-14-13-21-7-4-5-8-24(21)30(36)37/h4-12,15,17,19,33H,13-14,16,18H2,1-3H3,(H,36,37). The molecule has 0 atom stereocenters. The van der Waals surface area contributed by atoms with Crippen LogP contribution in [0.25, 0.3) is 5.69 Å². The normalized spacial score (nSPS) is 11.2. The number of nitrogens with one attached hydrogen (secondary N) is 1. The van der Waals surface area contributed by atoms with Gasteiger partial charge in [0.25, 0.3) is 0 Å². The van der Waals surface area contributed by atoms with E-state index in [4.69, 9.17) is 27.9 Å². The number of ether oxygens (including phenoxy) is 1. The molecular weight excluding hydrogens is 521 g/mol. The van der Waals surface area contributed by atoms with Crippen molar-refractivity contribution < 1.29 is 14.6 Å². The highest BCUT2D eigenvalue weighted by atomic mass is 35.5. The zero-order chi connectivity index (χ0) is 27.2. The number of nitrogens with zero attached hydrogens (tertiary/aromatic N) is 2. The summed E-state index contributed by atoms with van der Waals surface area (Å²) in [6.45, 7) is 7.95. The van der Waals surface area contributed by atoms with E-state index >= 15 is 0 Å². The Balaban J connectivity index is 1.41. The van der Waals surface area contributed by atoms with Gasteiger partial charge in [0.15, 0.2) is 0 Å². The summed E-state index contributed by atoms with van der Waals surface area (Å²) in [4.78, 5) is 11.4. The Morgan fingerprint density at radius 1 is 1.05 bits per heavy atom. The molecule has 4 aromatic rings. The van der Waals surface area contributed by atoms with Crippen LogP contribution in [0.5, 0.6) is 5.75 Å². The Morgan fingerprint density at radius 2 is 1.79 bits per heavy atom. The van der Waals surface area contributed by atoms with Gasteiger partial charge >= 0.3 is 5.97 Å². The lowest BCUT2D eigenvalue weighted by Crippen LogP contribution is -2.18. The number of carbonyl (C=O) groups is 1. The fourth-order valence-electron chi connectivity index (χ4n) is 4.40. The molecule has 0 fully saturated rings. The number of para-hydroxylation sites is 1. The molecule has 0 bridgehead atoms. The largest absolute Gasteiger partial charge is 0.487 e. The third-order valence-corrected chi connectivity index (χ3v) is 7.11. The van der Waals surface area contributed by atoms with Crippen LogP contribution in [0.1, 0.15) is 58.1 Å². The van der Waals surface area contributed by atoms with Crippen LogP contribution < -0.4 is 10.1 Å². The lowest BCUT2D eigenvalue weighted by Gasteiger charge is -2.16. The Labute approximate surface area is 233 Å². The molecule has 0 amide bonds. The summed E-state index contributed by atoms with van der Waals surface area (Å²) < 4.78 is 7.99. The van der Waals surface area contributed by atoms with Gasteiger partial charge in [0.1, 0.15) is 18.0 Å². The zero-order valence-electron chi connectivity index (χ0n) is 21.7. The number of aryl methyl sites for hydroxylation is 1. The smallest absolute Gasteiger partial charge is 0.335 e. The van der Waals surface area contributed by atoms with Gasteiger partial charge in [-0.15, -0.1) is 0 Å². The average molecular weight is 553 g/mol. The van der Waals surface area contributed by atoms with Crippen molar-refractivity contribution in [1.82, 2.24) is 15.1 Å². The highest BCUT2D eigenvalue weighted by molar-refractivity contribution is 6.37. The monoisotopic (exact) mass is 551 g/mol. The van der Waals surface area contributed by atoms with Crippen molar-refractivity contribution in [2.45, 2.75) is 46.3 Å². The lowest BCUT2D eigenvalue weighted by molar-refractivity contribution is 0.0695. The molecule has 3 aromatic carbocycles. The second-order valence-corrected chi connectivity index (χ2v) is 10.3. The van der Waals surface area contributed by atoms with Crippen LogP contribution in [0.3, 0.4) is 0 Å². The fraction of sp³-hybridized carbons (Fsp3) is 0.267. The Bertz CT molecular complexity index is 1410. The molecule has 8 heteroatoms. The first-order valence-corrected chi connectivity index (χ1v) is 13.3. The molecule has 0 aliphatic carbocycles. The first-order valence-electron chi connectivity index (χ1n) is 12.5. The number of hydrogen-bond acceptors (Lipinski definition) is 4. The molecule has 0 saturated heterocycles. The molecular formula is C30H31Cl2N3O3. The zero-order valence-corrected chi connectivity index (χ0v) is 23.2. The van der Waals surface area contributed by atoms with E-state index in [1.165, 1.54) is 0 Å². The number of halogens is 2. The third kappa shape index (κ3) is 6.38. The number of benzene rings is 3. The molecule has 0 spiro atoms. The summed E-state index contributed by atoms with van der Waals surface area (Å²) >= 11 is 12.9. The summed E-state index contributed by atoms with van der Waals surface area (Å²) in [6, 6.07) is 18.5. The number of hydrogen-bond donors (Lipinski definition) is 2. The van der Waals surface area contributed by atoms with Crippen LogP contribution in [-0.2, 0) is 19.6 Å². The maximum absolute atomic E-state index is 11.4. The summed E-state index contributed by atoms with van der Waals surface area (Å²) in [6.07, 6.45) is 2.49. The van der Waals surface area contributed by atoms with Gasteiger partial charge in [-0.2, -0.15) is 5.10 Å². The van der Waals surface area contributed by atoms with Crippen molar-refractivity contribution in [3.8, 4) is 11.4 Å². The van der Waals surface area contributed by atoms with Crippen molar-refractivity contribution in [3.05, 3.63) is 110 Å². The maximum atomic E-state index is 11.4. The van der Waals surface area contributed by atoms with E-state index in [1.54, 1.807) is 28.9 Å². The molecule has 0 aliphatic heterocycles. The van der Waals surface area contributed by atoms with Crippen molar-refractivity contribution in [1.29, 1.82) is 0 Å². The molecule has 0 radical (unpaired) electrons. The molecule has 38 heavy (non-hydrogen) atoms. The number of aromatic nitrogens is 2. The molecule has 0 saturated carbocycles. The first-order chi connectivity index (χ1) is 18.3. The van der Waals surface area contributed by atoms with E-state index in [9.17, 15) is 9.90 Å².